The average Bonchev–Trinajstić information content (AvgIpc) is 2.48. The highest BCUT2D eigenvalue weighted by Gasteiger charge is 2.30. The molecule has 0 saturated heterocycles. The summed E-state index contributed by atoms with van der Waals surface area (Å²) >= 11 is 6.15. The zero-order chi connectivity index (χ0) is 15.5. The molecule has 0 radical (unpaired) electrons. The van der Waals surface area contributed by atoms with Crippen molar-refractivity contribution in [2.75, 3.05) is 0 Å². The molecule has 0 unspecified atom stereocenters. The number of hydrogen-bond acceptors (Lipinski definition) is 1. The highest BCUT2D eigenvalue weighted by Crippen LogP contribution is 2.33. The Morgan fingerprint density at radius 3 is 1.95 bits per heavy atom. The lowest BCUT2D eigenvalue weighted by molar-refractivity contribution is -0.137. The minimum absolute atomic E-state index is 0.123. The first-order valence-corrected chi connectivity index (χ1v) is 6.34. The van der Waals surface area contributed by atoms with Crippen molar-refractivity contribution in [3.05, 3.63) is 71.3 Å². The second-order valence-electron chi connectivity index (χ2n) is 4.24. The van der Waals surface area contributed by atoms with Crippen molar-refractivity contribution in [2.45, 2.75) is 6.18 Å². The van der Waals surface area contributed by atoms with Gasteiger partial charge in [-0.15, -0.1) is 0 Å². The molecule has 0 N–H and O–H groups in total. The van der Waals surface area contributed by atoms with Crippen molar-refractivity contribution in [3.63, 3.8) is 0 Å². The summed E-state index contributed by atoms with van der Waals surface area (Å²) in [5, 5.41) is 9.35. The van der Waals surface area contributed by atoms with Gasteiger partial charge in [-0.1, -0.05) is 54.1 Å². The van der Waals surface area contributed by atoms with Crippen LogP contribution in [0.2, 0.25) is 0 Å². The maximum atomic E-state index is 12.5. The fourth-order valence-corrected chi connectivity index (χ4v) is 2.07. The molecule has 5 heteroatoms. The quantitative estimate of drug-likeness (QED) is 0.543. The Labute approximate surface area is 124 Å². The number of rotatable bonds is 2. The smallest absolute Gasteiger partial charge is 0.192 e. The number of allylic oxidation sites excluding steroid dienone is 1. The van der Waals surface area contributed by atoms with Gasteiger partial charge >= 0.3 is 6.18 Å². The zero-order valence-corrected chi connectivity index (χ0v) is 11.4. The van der Waals surface area contributed by atoms with Crippen molar-refractivity contribution in [1.82, 2.24) is 0 Å². The second-order valence-corrected chi connectivity index (χ2v) is 4.62. The lowest BCUT2D eigenvalue weighted by Gasteiger charge is -2.08. The third-order valence-electron chi connectivity index (χ3n) is 2.86. The molecule has 106 valence electrons. The van der Waals surface area contributed by atoms with Gasteiger partial charge in [0.15, 0.2) is 0 Å². The molecule has 0 fully saturated rings. The molecule has 0 amide bonds. The Kier molecular flexibility index (Phi) is 4.35. The fourth-order valence-electron chi connectivity index (χ4n) is 1.80. The molecular weight excluding hydrogens is 299 g/mol. The van der Waals surface area contributed by atoms with Gasteiger partial charge in [-0.25, -0.2) is 0 Å². The van der Waals surface area contributed by atoms with Crippen LogP contribution in [0.5, 0.6) is 0 Å². The molecule has 0 bridgehead atoms. The molecule has 2 rings (SSSR count). The summed E-state index contributed by atoms with van der Waals surface area (Å²) in [6.07, 6.45) is -4.40. The van der Waals surface area contributed by atoms with Gasteiger partial charge in [0.1, 0.15) is 6.07 Å². The lowest BCUT2D eigenvalue weighted by Crippen LogP contribution is -2.04. The molecule has 0 heterocycles. The first-order valence-electron chi connectivity index (χ1n) is 5.96. The van der Waals surface area contributed by atoms with Gasteiger partial charge in [-0.3, -0.25) is 0 Å². The van der Waals surface area contributed by atoms with Crippen LogP contribution in [0, 0.1) is 11.3 Å². The zero-order valence-electron chi connectivity index (χ0n) is 10.7. The van der Waals surface area contributed by atoms with Crippen molar-refractivity contribution in [2.24, 2.45) is 0 Å². The van der Waals surface area contributed by atoms with Crippen LogP contribution < -0.4 is 0 Å². The minimum atomic E-state index is -4.40. The first kappa shape index (κ1) is 15.1. The topological polar surface area (TPSA) is 23.8 Å². The lowest BCUT2D eigenvalue weighted by atomic mass is 10.0. The highest BCUT2D eigenvalue weighted by atomic mass is 35.5. The minimum Gasteiger partial charge on any atom is -0.192 e. The number of benzene rings is 2. The average molecular weight is 308 g/mol. The van der Waals surface area contributed by atoms with Crippen molar-refractivity contribution < 1.29 is 13.2 Å². The monoisotopic (exact) mass is 307 g/mol. The van der Waals surface area contributed by atoms with Crippen LogP contribution in [-0.2, 0) is 6.18 Å². The molecule has 2 aromatic carbocycles. The van der Waals surface area contributed by atoms with E-state index in [1.165, 1.54) is 12.1 Å². The predicted octanol–water partition coefficient (Wildman–Crippen LogP) is 5.34. The summed E-state index contributed by atoms with van der Waals surface area (Å²) in [4.78, 5) is 0. The third kappa shape index (κ3) is 3.45. The predicted molar refractivity (Wildman–Crippen MR) is 76.2 cm³/mol. The summed E-state index contributed by atoms with van der Waals surface area (Å²) in [6, 6.07) is 15.1. The fraction of sp³-hybridized carbons (Fsp3) is 0.0625. The van der Waals surface area contributed by atoms with E-state index in [0.717, 1.165) is 12.1 Å². The van der Waals surface area contributed by atoms with Gasteiger partial charge in [-0.2, -0.15) is 18.4 Å². The molecule has 0 saturated carbocycles. The molecule has 0 atom stereocenters. The third-order valence-corrected chi connectivity index (χ3v) is 3.27. The van der Waals surface area contributed by atoms with Crippen LogP contribution in [0.1, 0.15) is 16.7 Å². The summed E-state index contributed by atoms with van der Waals surface area (Å²) in [7, 11) is 0. The Morgan fingerprint density at radius 2 is 1.48 bits per heavy atom. The molecule has 0 aromatic heterocycles. The molecule has 2 aromatic rings. The molecule has 0 aliphatic carbocycles. The van der Waals surface area contributed by atoms with E-state index in [9.17, 15) is 18.4 Å². The van der Waals surface area contributed by atoms with E-state index in [1.807, 2.05) is 6.07 Å². The van der Waals surface area contributed by atoms with E-state index >= 15 is 0 Å². The van der Waals surface area contributed by atoms with Gasteiger partial charge in [-0.05, 0) is 23.3 Å². The van der Waals surface area contributed by atoms with Gasteiger partial charge in [0.05, 0.1) is 16.2 Å². The Bertz CT molecular complexity index is 695. The van der Waals surface area contributed by atoms with Gasteiger partial charge in [0.25, 0.3) is 0 Å². The van der Waals surface area contributed by atoms with E-state index in [0.29, 0.717) is 11.1 Å². The van der Waals surface area contributed by atoms with Crippen LogP contribution in [0.25, 0.3) is 10.6 Å². The number of halogens is 4. The standard InChI is InChI=1S/C16H9ClF3N/c17-15(14(10-21)11-4-2-1-3-5-11)12-6-8-13(9-7-12)16(18,19)20/h1-9H. The second kappa shape index (κ2) is 6.02. The summed E-state index contributed by atoms with van der Waals surface area (Å²) in [5.41, 5.74) is 0.445. The van der Waals surface area contributed by atoms with Crippen LogP contribution in [0.3, 0.4) is 0 Å². The maximum absolute atomic E-state index is 12.5. The normalized spacial score (nSPS) is 12.5. The summed E-state index contributed by atoms with van der Waals surface area (Å²) < 4.78 is 37.5. The number of nitriles is 1. The highest BCUT2D eigenvalue weighted by molar-refractivity contribution is 6.53. The largest absolute Gasteiger partial charge is 0.416 e. The molecule has 1 nitrogen and oxygen atoms in total. The van der Waals surface area contributed by atoms with E-state index in [2.05, 4.69) is 0 Å². The molecular formula is C16H9ClF3N. The van der Waals surface area contributed by atoms with Gasteiger partial charge < -0.3 is 0 Å². The SMILES string of the molecule is N#CC(=C(Cl)c1ccc(C(F)(F)F)cc1)c1ccccc1. The molecule has 0 spiro atoms. The number of hydrogen-bond donors (Lipinski definition) is 0. The van der Waals surface area contributed by atoms with E-state index in [1.54, 1.807) is 30.3 Å². The Balaban J connectivity index is 2.45. The van der Waals surface area contributed by atoms with E-state index in [-0.39, 0.29) is 10.6 Å². The van der Waals surface area contributed by atoms with Gasteiger partial charge in [0.2, 0.25) is 0 Å². The van der Waals surface area contributed by atoms with Gasteiger partial charge in [0, 0.05) is 0 Å². The molecule has 0 aliphatic heterocycles. The molecule has 0 aliphatic rings. The Morgan fingerprint density at radius 1 is 0.905 bits per heavy atom. The van der Waals surface area contributed by atoms with E-state index in [4.69, 9.17) is 11.6 Å². The van der Waals surface area contributed by atoms with Crippen LogP contribution >= 0.6 is 11.6 Å². The Hall–Kier alpha value is -2.25. The van der Waals surface area contributed by atoms with Crippen LogP contribution in [0.15, 0.2) is 54.6 Å². The maximum Gasteiger partial charge on any atom is 0.416 e. The van der Waals surface area contributed by atoms with Crippen LogP contribution in [0.4, 0.5) is 13.2 Å². The summed E-state index contributed by atoms with van der Waals surface area (Å²) in [5.74, 6) is 0. The van der Waals surface area contributed by atoms with Crippen LogP contribution in [-0.4, -0.2) is 0 Å². The first-order chi connectivity index (χ1) is 9.93. The summed E-state index contributed by atoms with van der Waals surface area (Å²) in [6.45, 7) is 0. The molecule has 21 heavy (non-hydrogen) atoms. The van der Waals surface area contributed by atoms with Crippen molar-refractivity contribution in [3.8, 4) is 6.07 Å². The number of alkyl halides is 3. The number of nitrogens with zero attached hydrogens (tertiary/aromatic N) is 1. The van der Waals surface area contributed by atoms with Crippen molar-refractivity contribution in [1.29, 1.82) is 5.26 Å². The van der Waals surface area contributed by atoms with Crippen molar-refractivity contribution >= 4 is 22.2 Å². The van der Waals surface area contributed by atoms with E-state index < -0.39 is 11.7 Å².